The number of imide groups is 1. The van der Waals surface area contributed by atoms with Crippen LogP contribution in [-0.4, -0.2) is 44.5 Å². The molecule has 0 unspecified atom stereocenters. The quantitative estimate of drug-likeness (QED) is 0.481. The monoisotopic (exact) mass is 478 g/mol. The Morgan fingerprint density at radius 2 is 1.69 bits per heavy atom. The number of methoxy groups -OCH3 is 2. The largest absolute Gasteiger partial charge is 0.497 e. The number of amides is 3. The van der Waals surface area contributed by atoms with E-state index in [2.05, 4.69) is 5.32 Å². The molecule has 4 atom stereocenters. The Morgan fingerprint density at radius 1 is 0.971 bits per heavy atom. The van der Waals surface area contributed by atoms with Gasteiger partial charge >= 0.3 is 5.97 Å². The third kappa shape index (κ3) is 4.00. The van der Waals surface area contributed by atoms with Crippen molar-refractivity contribution in [1.29, 1.82) is 0 Å². The predicted octanol–water partition coefficient (Wildman–Crippen LogP) is 3.03. The number of hydrogen-bond donors (Lipinski definition) is 1. The molecule has 9 nitrogen and oxygen atoms in total. The number of carbonyl (C=O) groups excluding carboxylic acids is 4. The lowest BCUT2D eigenvalue weighted by Crippen LogP contribution is -2.32. The molecule has 1 heterocycles. The molecule has 182 valence electrons. The van der Waals surface area contributed by atoms with Gasteiger partial charge in [0.05, 0.1) is 43.0 Å². The van der Waals surface area contributed by atoms with Gasteiger partial charge in [0, 0.05) is 6.07 Å². The average Bonchev–Trinajstić information content (AvgIpc) is 3.56. The third-order valence-corrected chi connectivity index (χ3v) is 7.28. The highest BCUT2D eigenvalue weighted by atomic mass is 16.5. The number of anilines is 2. The lowest BCUT2D eigenvalue weighted by Gasteiger charge is -2.19. The summed E-state index contributed by atoms with van der Waals surface area (Å²) < 4.78 is 15.5. The van der Waals surface area contributed by atoms with Crippen LogP contribution in [0.5, 0.6) is 11.5 Å². The van der Waals surface area contributed by atoms with Crippen molar-refractivity contribution in [2.45, 2.75) is 19.3 Å². The van der Waals surface area contributed by atoms with Crippen LogP contribution >= 0.6 is 0 Å². The summed E-state index contributed by atoms with van der Waals surface area (Å²) in [5, 5.41) is 2.63. The molecule has 1 N–H and O–H groups in total. The normalized spacial score (nSPS) is 24.3. The van der Waals surface area contributed by atoms with Crippen LogP contribution in [0.25, 0.3) is 0 Å². The molecule has 2 aromatic carbocycles. The van der Waals surface area contributed by atoms with Crippen molar-refractivity contribution in [3.8, 4) is 11.5 Å². The molecule has 9 heteroatoms. The first kappa shape index (κ1) is 22.9. The van der Waals surface area contributed by atoms with Crippen LogP contribution in [0.1, 0.15) is 29.6 Å². The van der Waals surface area contributed by atoms with E-state index in [-0.39, 0.29) is 41.0 Å². The summed E-state index contributed by atoms with van der Waals surface area (Å²) in [5.41, 5.74) is 0.913. The molecule has 3 fully saturated rings. The molecule has 0 aromatic heterocycles. The van der Waals surface area contributed by atoms with Crippen LogP contribution in [0.15, 0.2) is 42.5 Å². The number of rotatable bonds is 7. The molecule has 0 radical (unpaired) electrons. The first-order valence-electron chi connectivity index (χ1n) is 11.6. The highest BCUT2D eigenvalue weighted by Gasteiger charge is 2.61. The number of nitrogens with one attached hydrogen (secondary N) is 1. The van der Waals surface area contributed by atoms with Crippen LogP contribution in [0.3, 0.4) is 0 Å². The predicted molar refractivity (Wildman–Crippen MR) is 125 cm³/mol. The molecular formula is C26H26N2O7. The molecule has 2 bridgehead atoms. The Labute approximate surface area is 202 Å². The topological polar surface area (TPSA) is 111 Å². The fourth-order valence-corrected chi connectivity index (χ4v) is 5.74. The zero-order chi connectivity index (χ0) is 24.7. The van der Waals surface area contributed by atoms with Crippen molar-refractivity contribution < 1.29 is 33.4 Å². The number of benzene rings is 2. The number of ether oxygens (including phenoxy) is 3. The molecule has 1 aliphatic heterocycles. The molecule has 2 saturated carbocycles. The Bertz CT molecular complexity index is 1180. The minimum Gasteiger partial charge on any atom is -0.497 e. The third-order valence-electron chi connectivity index (χ3n) is 7.28. The number of carbonyl (C=O) groups is 4. The fraction of sp³-hybridized carbons (Fsp3) is 0.385. The van der Waals surface area contributed by atoms with Crippen molar-refractivity contribution in [2.24, 2.45) is 23.7 Å². The van der Waals surface area contributed by atoms with Gasteiger partial charge in [0.1, 0.15) is 11.5 Å². The van der Waals surface area contributed by atoms with Gasteiger partial charge in [-0.05, 0) is 61.4 Å². The maximum atomic E-state index is 13.1. The number of nitrogens with zero attached hydrogens (tertiary/aromatic N) is 1. The second-order valence-electron chi connectivity index (χ2n) is 9.14. The number of fused-ring (bicyclic) bond motifs is 5. The number of esters is 1. The molecule has 2 aliphatic carbocycles. The Balaban J connectivity index is 1.23. The second-order valence-corrected chi connectivity index (χ2v) is 9.14. The van der Waals surface area contributed by atoms with Gasteiger partial charge in [0.25, 0.3) is 5.91 Å². The van der Waals surface area contributed by atoms with Gasteiger partial charge in [0.15, 0.2) is 6.61 Å². The minimum atomic E-state index is -0.733. The SMILES string of the molecule is COc1ccc(NC(=O)COC(=O)c2cccc(N3C(=O)[C@H]4[C@H]5CC[C@@H](C5)[C@@H]4C3=O)c2)c(OC)c1. The van der Waals surface area contributed by atoms with Gasteiger partial charge in [0.2, 0.25) is 11.8 Å². The summed E-state index contributed by atoms with van der Waals surface area (Å²) in [7, 11) is 2.98. The van der Waals surface area contributed by atoms with Crippen molar-refractivity contribution in [3.05, 3.63) is 48.0 Å². The molecule has 0 spiro atoms. The molecule has 5 rings (SSSR count). The van der Waals surface area contributed by atoms with E-state index in [4.69, 9.17) is 14.2 Å². The standard InChI is InChI=1S/C26H26N2O7/c1-33-18-8-9-19(20(12-18)34-2)27-21(29)13-35-26(32)16-4-3-5-17(11-16)28-24(30)22-14-6-7-15(10-14)23(22)25(28)31/h3-5,8-9,11-12,14-15,22-23H,6-7,10,13H2,1-2H3,(H,27,29)/t14-,15-,22-,23-/m0/s1. The van der Waals surface area contributed by atoms with Gasteiger partial charge in [-0.15, -0.1) is 0 Å². The molecule has 3 aliphatic rings. The summed E-state index contributed by atoms with van der Waals surface area (Å²) in [6.45, 7) is -0.521. The maximum Gasteiger partial charge on any atom is 0.338 e. The summed E-state index contributed by atoms with van der Waals surface area (Å²) in [6, 6.07) is 11.1. The van der Waals surface area contributed by atoms with Crippen LogP contribution in [0.4, 0.5) is 11.4 Å². The van der Waals surface area contributed by atoms with Gasteiger partial charge in [-0.2, -0.15) is 0 Å². The minimum absolute atomic E-state index is 0.151. The fourth-order valence-electron chi connectivity index (χ4n) is 5.74. The second kappa shape index (κ2) is 9.05. The summed E-state index contributed by atoms with van der Waals surface area (Å²) in [6.07, 6.45) is 2.95. The van der Waals surface area contributed by atoms with Crippen LogP contribution in [0.2, 0.25) is 0 Å². The van der Waals surface area contributed by atoms with Gasteiger partial charge < -0.3 is 19.5 Å². The molecule has 3 amide bonds. The van der Waals surface area contributed by atoms with E-state index in [9.17, 15) is 19.2 Å². The maximum absolute atomic E-state index is 13.1. The summed E-state index contributed by atoms with van der Waals surface area (Å²) in [5.74, 6) is -0.589. The first-order chi connectivity index (χ1) is 16.9. The van der Waals surface area contributed by atoms with E-state index >= 15 is 0 Å². The molecule has 35 heavy (non-hydrogen) atoms. The van der Waals surface area contributed by atoms with Gasteiger partial charge in [-0.3, -0.25) is 19.3 Å². The molecule has 2 aromatic rings. The zero-order valence-corrected chi connectivity index (χ0v) is 19.5. The summed E-state index contributed by atoms with van der Waals surface area (Å²) in [4.78, 5) is 52.3. The molecule has 1 saturated heterocycles. The Hall–Kier alpha value is -3.88. The van der Waals surface area contributed by atoms with E-state index in [0.29, 0.717) is 22.9 Å². The van der Waals surface area contributed by atoms with Crippen LogP contribution in [0, 0.1) is 23.7 Å². The van der Waals surface area contributed by atoms with E-state index in [1.807, 2.05) is 0 Å². The Kier molecular flexibility index (Phi) is 5.92. The van der Waals surface area contributed by atoms with E-state index in [0.717, 1.165) is 19.3 Å². The number of hydrogen-bond acceptors (Lipinski definition) is 7. The smallest absolute Gasteiger partial charge is 0.338 e. The summed E-state index contributed by atoms with van der Waals surface area (Å²) >= 11 is 0. The van der Waals surface area contributed by atoms with Crippen LogP contribution in [-0.2, 0) is 19.1 Å². The van der Waals surface area contributed by atoms with E-state index < -0.39 is 18.5 Å². The highest BCUT2D eigenvalue weighted by molar-refractivity contribution is 6.22. The first-order valence-corrected chi connectivity index (χ1v) is 11.6. The average molecular weight is 479 g/mol. The van der Waals surface area contributed by atoms with Crippen molar-refractivity contribution in [3.63, 3.8) is 0 Å². The lowest BCUT2D eigenvalue weighted by molar-refractivity contribution is -0.123. The van der Waals surface area contributed by atoms with E-state index in [1.54, 1.807) is 30.3 Å². The zero-order valence-electron chi connectivity index (χ0n) is 19.5. The van der Waals surface area contributed by atoms with Crippen molar-refractivity contribution in [2.75, 3.05) is 31.0 Å². The van der Waals surface area contributed by atoms with Gasteiger partial charge in [-0.1, -0.05) is 6.07 Å². The lowest BCUT2D eigenvalue weighted by atomic mass is 9.81. The highest BCUT2D eigenvalue weighted by Crippen LogP contribution is 2.56. The van der Waals surface area contributed by atoms with Crippen molar-refractivity contribution >= 4 is 35.1 Å². The molecular weight excluding hydrogens is 452 g/mol. The van der Waals surface area contributed by atoms with Crippen molar-refractivity contribution in [1.82, 2.24) is 0 Å². The van der Waals surface area contributed by atoms with Crippen LogP contribution < -0.4 is 19.7 Å². The van der Waals surface area contributed by atoms with E-state index in [1.165, 1.54) is 31.3 Å². The van der Waals surface area contributed by atoms with Gasteiger partial charge in [-0.25, -0.2) is 4.79 Å². The Morgan fingerprint density at radius 3 is 2.34 bits per heavy atom.